The first-order chi connectivity index (χ1) is 12.5. The number of hydrogen-bond donors (Lipinski definition) is 3. The van der Waals surface area contributed by atoms with Crippen LogP contribution in [0.4, 0.5) is 23.8 Å². The molecule has 0 aromatic carbocycles. The molecular formula is C15H22F3N5O3S. The Kier molecular flexibility index (Phi) is 6.52. The maximum absolute atomic E-state index is 12.7. The van der Waals surface area contributed by atoms with Crippen molar-refractivity contribution in [3.05, 3.63) is 18.3 Å². The van der Waals surface area contributed by atoms with E-state index in [9.17, 15) is 26.4 Å². The van der Waals surface area contributed by atoms with Gasteiger partial charge < -0.3 is 5.32 Å². The first kappa shape index (κ1) is 21.2. The quantitative estimate of drug-likeness (QED) is 0.645. The van der Waals surface area contributed by atoms with E-state index in [1.807, 2.05) is 19.3 Å². The van der Waals surface area contributed by atoms with Gasteiger partial charge in [0, 0.05) is 19.3 Å². The van der Waals surface area contributed by atoms with Crippen molar-refractivity contribution in [2.24, 2.45) is 11.8 Å². The zero-order chi connectivity index (χ0) is 20.2. The van der Waals surface area contributed by atoms with E-state index >= 15 is 0 Å². The largest absolute Gasteiger partial charge is 0.405 e. The molecule has 152 valence electrons. The molecule has 2 rings (SSSR count). The number of urea groups is 1. The Labute approximate surface area is 155 Å². The van der Waals surface area contributed by atoms with E-state index in [0.717, 1.165) is 12.6 Å². The fraction of sp³-hybridized carbons (Fsp3) is 0.600. The van der Waals surface area contributed by atoms with Crippen LogP contribution in [0.2, 0.25) is 0 Å². The second-order valence-corrected chi connectivity index (χ2v) is 8.63. The Morgan fingerprint density at radius 2 is 1.89 bits per heavy atom. The van der Waals surface area contributed by atoms with Gasteiger partial charge >= 0.3 is 12.2 Å². The van der Waals surface area contributed by atoms with Crippen LogP contribution in [0.5, 0.6) is 0 Å². The molecule has 1 aromatic rings. The highest BCUT2D eigenvalue weighted by molar-refractivity contribution is 7.89. The summed E-state index contributed by atoms with van der Waals surface area (Å²) in [5.74, 6) is 0.602. The van der Waals surface area contributed by atoms with Gasteiger partial charge in [-0.05, 0) is 30.4 Å². The molecule has 8 nitrogen and oxygen atoms in total. The zero-order valence-electron chi connectivity index (χ0n) is 14.9. The molecule has 27 heavy (non-hydrogen) atoms. The first-order valence-electron chi connectivity index (χ1n) is 8.30. The molecule has 0 aliphatic carbocycles. The van der Waals surface area contributed by atoms with E-state index in [0.29, 0.717) is 13.1 Å². The van der Waals surface area contributed by atoms with Gasteiger partial charge in [-0.2, -0.15) is 17.5 Å². The van der Waals surface area contributed by atoms with Crippen LogP contribution in [0.25, 0.3) is 0 Å². The Bertz CT molecular complexity index is 745. The fourth-order valence-corrected chi connectivity index (χ4v) is 4.53. The number of aromatic nitrogens is 1. The number of nitrogens with zero attached hydrogens (tertiary/aromatic N) is 2. The Hall–Kier alpha value is -2.08. The molecule has 1 aliphatic rings. The summed E-state index contributed by atoms with van der Waals surface area (Å²) in [5.41, 5.74) is 4.29. The lowest BCUT2D eigenvalue weighted by molar-refractivity contribution is -0.122. The summed E-state index contributed by atoms with van der Waals surface area (Å²) in [5, 5.41) is 1.61. The van der Waals surface area contributed by atoms with E-state index in [4.69, 9.17) is 0 Å². The average molecular weight is 409 g/mol. The van der Waals surface area contributed by atoms with Crippen molar-refractivity contribution in [1.29, 1.82) is 0 Å². The van der Waals surface area contributed by atoms with Gasteiger partial charge in [0.2, 0.25) is 10.0 Å². The number of amides is 2. The van der Waals surface area contributed by atoms with Crippen molar-refractivity contribution in [1.82, 2.24) is 20.0 Å². The van der Waals surface area contributed by atoms with Gasteiger partial charge in [0.1, 0.15) is 17.3 Å². The molecule has 0 bridgehead atoms. The lowest BCUT2D eigenvalue weighted by Crippen LogP contribution is -2.43. The number of carbonyl (C=O) groups excluding carboxylic acids is 1. The minimum Gasteiger partial charge on any atom is -0.328 e. The predicted octanol–water partition coefficient (Wildman–Crippen LogP) is 1.94. The van der Waals surface area contributed by atoms with Crippen LogP contribution in [0.1, 0.15) is 20.3 Å². The highest BCUT2D eigenvalue weighted by Crippen LogP contribution is 2.26. The van der Waals surface area contributed by atoms with Crippen LogP contribution in [0.15, 0.2) is 23.2 Å². The maximum atomic E-state index is 12.7. The SMILES string of the molecule is CC1CC(C)CN(S(=O)(=O)c2ccc(NNC(=O)NCC(F)(F)F)nc2)C1. The number of alkyl halides is 3. The molecule has 0 spiro atoms. The van der Waals surface area contributed by atoms with E-state index in [2.05, 4.69) is 10.4 Å². The number of nitrogens with one attached hydrogen (secondary N) is 3. The summed E-state index contributed by atoms with van der Waals surface area (Å²) < 4.78 is 62.9. The van der Waals surface area contributed by atoms with Gasteiger partial charge in [-0.1, -0.05) is 13.8 Å². The molecule has 2 atom stereocenters. The number of pyridine rings is 1. The molecule has 2 amide bonds. The van der Waals surface area contributed by atoms with Gasteiger partial charge in [0.15, 0.2) is 0 Å². The molecule has 0 saturated carbocycles. The Balaban J connectivity index is 1.95. The van der Waals surface area contributed by atoms with Crippen molar-refractivity contribution in [2.45, 2.75) is 31.3 Å². The monoisotopic (exact) mass is 409 g/mol. The van der Waals surface area contributed by atoms with E-state index in [1.54, 1.807) is 5.32 Å². The molecular weight excluding hydrogens is 387 g/mol. The van der Waals surface area contributed by atoms with E-state index in [-0.39, 0.29) is 22.5 Å². The maximum Gasteiger partial charge on any atom is 0.405 e. The molecule has 1 fully saturated rings. The third-order valence-corrected chi connectivity index (χ3v) is 5.78. The van der Waals surface area contributed by atoms with E-state index < -0.39 is 28.8 Å². The minimum atomic E-state index is -4.52. The molecule has 0 radical (unpaired) electrons. The number of hydrogen-bond acceptors (Lipinski definition) is 5. The van der Waals surface area contributed by atoms with E-state index in [1.165, 1.54) is 16.4 Å². The Morgan fingerprint density at radius 3 is 2.41 bits per heavy atom. The summed E-state index contributed by atoms with van der Waals surface area (Å²) in [6, 6.07) is 1.54. The lowest BCUT2D eigenvalue weighted by atomic mass is 9.94. The number of anilines is 1. The fourth-order valence-electron chi connectivity index (χ4n) is 2.90. The van der Waals surface area contributed by atoms with Crippen molar-refractivity contribution in [2.75, 3.05) is 25.1 Å². The number of rotatable bonds is 5. The molecule has 12 heteroatoms. The second kappa shape index (κ2) is 8.30. The van der Waals surface area contributed by atoms with Crippen molar-refractivity contribution in [3.8, 4) is 0 Å². The van der Waals surface area contributed by atoms with Crippen molar-refractivity contribution < 1.29 is 26.4 Å². The zero-order valence-corrected chi connectivity index (χ0v) is 15.7. The molecule has 2 heterocycles. The molecule has 2 unspecified atom stereocenters. The summed E-state index contributed by atoms with van der Waals surface area (Å²) >= 11 is 0. The lowest BCUT2D eigenvalue weighted by Gasteiger charge is -2.33. The first-order valence-corrected chi connectivity index (χ1v) is 9.74. The standard InChI is InChI=1S/C15H22F3N5O3S/c1-10-5-11(2)8-23(7-10)27(25,26)12-3-4-13(19-6-12)21-22-14(24)20-9-15(16,17)18/h3-4,6,10-11H,5,7-9H2,1-2H3,(H,19,21)(H2,20,22,24). The highest BCUT2D eigenvalue weighted by atomic mass is 32.2. The third kappa shape index (κ3) is 6.24. The number of hydrazine groups is 1. The average Bonchev–Trinajstić information content (AvgIpc) is 2.57. The van der Waals surface area contributed by atoms with Gasteiger partial charge in [-0.3, -0.25) is 10.9 Å². The number of piperidine rings is 1. The summed E-state index contributed by atoms with van der Waals surface area (Å²) in [6.07, 6.45) is -2.42. The minimum absolute atomic E-state index is 0.0101. The second-order valence-electron chi connectivity index (χ2n) is 6.70. The van der Waals surface area contributed by atoms with Gasteiger partial charge in [0.05, 0.1) is 0 Å². The molecule has 1 aliphatic heterocycles. The number of sulfonamides is 1. The number of halogens is 3. The summed E-state index contributed by atoms with van der Waals surface area (Å²) in [7, 11) is -3.68. The van der Waals surface area contributed by atoms with Gasteiger partial charge in [-0.25, -0.2) is 18.2 Å². The topological polar surface area (TPSA) is 103 Å². The molecule has 1 aromatic heterocycles. The molecule has 1 saturated heterocycles. The van der Waals surface area contributed by atoms with Crippen LogP contribution < -0.4 is 16.2 Å². The summed E-state index contributed by atoms with van der Waals surface area (Å²) in [6.45, 7) is 3.40. The summed E-state index contributed by atoms with van der Waals surface area (Å²) in [4.78, 5) is 15.1. The van der Waals surface area contributed by atoms with Crippen LogP contribution in [-0.4, -0.2) is 49.5 Å². The van der Waals surface area contributed by atoms with Gasteiger partial charge in [-0.15, -0.1) is 0 Å². The van der Waals surface area contributed by atoms with Crippen LogP contribution in [-0.2, 0) is 10.0 Å². The Morgan fingerprint density at radius 1 is 1.26 bits per heavy atom. The van der Waals surface area contributed by atoms with Crippen molar-refractivity contribution in [3.63, 3.8) is 0 Å². The van der Waals surface area contributed by atoms with Crippen LogP contribution in [0, 0.1) is 11.8 Å². The highest BCUT2D eigenvalue weighted by Gasteiger charge is 2.32. The number of carbonyl (C=O) groups is 1. The third-order valence-electron chi connectivity index (χ3n) is 3.96. The van der Waals surface area contributed by atoms with Crippen LogP contribution in [0.3, 0.4) is 0 Å². The van der Waals surface area contributed by atoms with Crippen LogP contribution >= 0.6 is 0 Å². The molecule has 3 N–H and O–H groups in total. The van der Waals surface area contributed by atoms with Gasteiger partial charge in [0.25, 0.3) is 0 Å². The van der Waals surface area contributed by atoms with Crippen molar-refractivity contribution >= 4 is 21.9 Å². The predicted molar refractivity (Wildman–Crippen MR) is 92.2 cm³/mol. The normalized spacial score (nSPS) is 21.5. The smallest absolute Gasteiger partial charge is 0.328 e.